The van der Waals surface area contributed by atoms with Gasteiger partial charge in [0.15, 0.2) is 0 Å². The van der Waals surface area contributed by atoms with Gasteiger partial charge >= 0.3 is 5.97 Å². The maximum absolute atomic E-state index is 11.0. The normalized spacial score (nSPS) is 9.89. The maximum Gasteiger partial charge on any atom is 0.305 e. The van der Waals surface area contributed by atoms with E-state index in [0.29, 0.717) is 6.42 Å². The first-order chi connectivity index (χ1) is 8.70. The maximum atomic E-state index is 11.0. The molecule has 0 aliphatic rings. The molecule has 0 atom stereocenters. The molecule has 0 saturated carbocycles. The second kappa shape index (κ2) is 12.4. The summed E-state index contributed by atoms with van der Waals surface area (Å²) in [7, 11) is 1.41. The molecule has 0 N–H and O–H groups in total. The molecule has 0 aromatic heterocycles. The van der Waals surface area contributed by atoms with Crippen LogP contribution in [0.25, 0.3) is 0 Å². The van der Waals surface area contributed by atoms with Gasteiger partial charge < -0.3 is 4.74 Å². The molecular weight excluding hydrogens is 296 g/mol. The summed E-state index contributed by atoms with van der Waals surface area (Å²) in [6.45, 7) is 0. The van der Waals surface area contributed by atoms with Gasteiger partial charge in [-0.1, -0.05) is 25.3 Å². The van der Waals surface area contributed by atoms with Gasteiger partial charge in [-0.3, -0.25) is 9.59 Å². The zero-order valence-electron chi connectivity index (χ0n) is 10.7. The molecular formula is C14H19BrO3. The summed E-state index contributed by atoms with van der Waals surface area (Å²) in [6.07, 6.45) is 9.99. The SMILES string of the molecule is COC(=O)CCCCCCC/C=C\C(=O)C#CBr. The van der Waals surface area contributed by atoms with Crippen LogP contribution in [0.1, 0.15) is 44.9 Å². The molecule has 4 heteroatoms. The minimum Gasteiger partial charge on any atom is -0.469 e. The fourth-order valence-corrected chi connectivity index (χ4v) is 1.64. The molecule has 3 nitrogen and oxygen atoms in total. The second-order valence-corrected chi connectivity index (χ2v) is 4.27. The molecule has 0 bridgehead atoms. The van der Waals surface area contributed by atoms with Crippen molar-refractivity contribution in [3.8, 4) is 10.8 Å². The number of ketones is 1. The Kier molecular flexibility index (Phi) is 11.6. The lowest BCUT2D eigenvalue weighted by Crippen LogP contribution is -1.99. The van der Waals surface area contributed by atoms with Gasteiger partial charge in [-0.25, -0.2) is 0 Å². The van der Waals surface area contributed by atoms with Crippen molar-refractivity contribution in [3.05, 3.63) is 12.2 Å². The van der Waals surface area contributed by atoms with E-state index < -0.39 is 0 Å². The molecule has 0 saturated heterocycles. The van der Waals surface area contributed by atoms with Crippen LogP contribution < -0.4 is 0 Å². The number of rotatable bonds is 9. The number of ether oxygens (including phenoxy) is 1. The molecule has 0 aliphatic carbocycles. The van der Waals surface area contributed by atoms with Gasteiger partial charge in [-0.05, 0) is 36.1 Å². The fraction of sp³-hybridized carbons (Fsp3) is 0.571. The lowest BCUT2D eigenvalue weighted by atomic mass is 10.1. The number of methoxy groups -OCH3 is 1. The Morgan fingerprint density at radius 2 is 1.83 bits per heavy atom. The number of unbranched alkanes of at least 4 members (excludes halogenated alkanes) is 5. The van der Waals surface area contributed by atoms with Crippen LogP contribution in [0, 0.1) is 10.8 Å². The Labute approximate surface area is 117 Å². The van der Waals surface area contributed by atoms with Gasteiger partial charge in [0.1, 0.15) is 0 Å². The first kappa shape index (κ1) is 16.9. The van der Waals surface area contributed by atoms with Crippen LogP contribution in [-0.2, 0) is 14.3 Å². The minimum atomic E-state index is -0.176. The predicted molar refractivity (Wildman–Crippen MR) is 75.2 cm³/mol. The van der Waals surface area contributed by atoms with E-state index in [1.165, 1.54) is 13.2 Å². The van der Waals surface area contributed by atoms with Crippen molar-refractivity contribution in [1.82, 2.24) is 0 Å². The topological polar surface area (TPSA) is 43.4 Å². The number of carbonyl (C=O) groups excluding carboxylic acids is 2. The summed E-state index contributed by atoms with van der Waals surface area (Å²) in [6, 6.07) is 0. The van der Waals surface area contributed by atoms with Crippen molar-refractivity contribution < 1.29 is 14.3 Å². The summed E-state index contributed by atoms with van der Waals surface area (Å²) >= 11 is 2.87. The number of halogens is 1. The standard InChI is InChI=1S/C14H19BrO3/c1-18-14(17)10-8-6-4-2-3-5-7-9-13(16)11-12-15/h7,9H,2-6,8,10H2,1H3/b9-7-. The van der Waals surface area contributed by atoms with Crippen molar-refractivity contribution in [1.29, 1.82) is 0 Å². The fourth-order valence-electron chi connectivity index (χ4n) is 1.44. The van der Waals surface area contributed by atoms with E-state index in [-0.39, 0.29) is 11.8 Å². The molecule has 0 aromatic rings. The molecule has 0 heterocycles. The van der Waals surface area contributed by atoms with Crippen LogP contribution in [0.2, 0.25) is 0 Å². The molecule has 0 fully saturated rings. The Morgan fingerprint density at radius 1 is 1.17 bits per heavy atom. The molecule has 18 heavy (non-hydrogen) atoms. The van der Waals surface area contributed by atoms with Gasteiger partial charge in [-0.15, -0.1) is 0 Å². The van der Waals surface area contributed by atoms with Crippen molar-refractivity contribution in [2.45, 2.75) is 44.9 Å². The van der Waals surface area contributed by atoms with Crippen LogP contribution in [-0.4, -0.2) is 18.9 Å². The Morgan fingerprint density at radius 3 is 2.50 bits per heavy atom. The lowest BCUT2D eigenvalue weighted by Gasteiger charge is -1.99. The van der Waals surface area contributed by atoms with Crippen LogP contribution in [0.15, 0.2) is 12.2 Å². The van der Waals surface area contributed by atoms with E-state index in [9.17, 15) is 9.59 Å². The van der Waals surface area contributed by atoms with Crippen molar-refractivity contribution in [2.24, 2.45) is 0 Å². The minimum absolute atomic E-state index is 0.135. The second-order valence-electron chi connectivity index (χ2n) is 3.87. The smallest absolute Gasteiger partial charge is 0.305 e. The van der Waals surface area contributed by atoms with Crippen molar-refractivity contribution in [2.75, 3.05) is 7.11 Å². The summed E-state index contributed by atoms with van der Waals surface area (Å²) in [5.41, 5.74) is 0. The quantitative estimate of drug-likeness (QED) is 0.283. The zero-order valence-corrected chi connectivity index (χ0v) is 12.3. The number of carbonyl (C=O) groups is 2. The van der Waals surface area contributed by atoms with Crippen LogP contribution in [0.5, 0.6) is 0 Å². The average Bonchev–Trinajstić information content (AvgIpc) is 2.36. The summed E-state index contributed by atoms with van der Waals surface area (Å²) < 4.78 is 4.56. The first-order valence-corrected chi connectivity index (χ1v) is 6.89. The third-order valence-corrected chi connectivity index (χ3v) is 2.62. The zero-order chi connectivity index (χ0) is 13.6. The number of hydrogen-bond acceptors (Lipinski definition) is 3. The lowest BCUT2D eigenvalue weighted by molar-refractivity contribution is -0.140. The van der Waals surface area contributed by atoms with Crippen LogP contribution >= 0.6 is 15.9 Å². The van der Waals surface area contributed by atoms with E-state index in [4.69, 9.17) is 0 Å². The number of hydrogen-bond donors (Lipinski definition) is 0. The highest BCUT2D eigenvalue weighted by Crippen LogP contribution is 2.07. The highest BCUT2D eigenvalue weighted by molar-refractivity contribution is 9.12. The Hall–Kier alpha value is -1.08. The van der Waals surface area contributed by atoms with E-state index in [1.807, 2.05) is 6.08 Å². The molecule has 0 amide bonds. The number of allylic oxidation sites excluding steroid dienone is 2. The highest BCUT2D eigenvalue weighted by atomic mass is 79.9. The molecule has 0 aromatic carbocycles. The average molecular weight is 315 g/mol. The summed E-state index contributed by atoms with van der Waals surface area (Å²) in [5.74, 6) is 2.07. The number of esters is 1. The highest BCUT2D eigenvalue weighted by Gasteiger charge is 1.98. The first-order valence-electron chi connectivity index (χ1n) is 6.09. The van der Waals surface area contributed by atoms with Gasteiger partial charge in [-0.2, -0.15) is 0 Å². The van der Waals surface area contributed by atoms with E-state index in [0.717, 1.165) is 38.5 Å². The van der Waals surface area contributed by atoms with E-state index in [2.05, 4.69) is 31.4 Å². The third-order valence-electron chi connectivity index (χ3n) is 2.42. The molecule has 0 radical (unpaired) electrons. The molecule has 0 spiro atoms. The van der Waals surface area contributed by atoms with Gasteiger partial charge in [0.05, 0.1) is 7.11 Å². The van der Waals surface area contributed by atoms with Crippen molar-refractivity contribution >= 4 is 27.7 Å². The summed E-state index contributed by atoms with van der Waals surface area (Å²) in [5, 5.41) is 0. The Bertz CT molecular complexity index is 337. The van der Waals surface area contributed by atoms with E-state index >= 15 is 0 Å². The van der Waals surface area contributed by atoms with Gasteiger partial charge in [0.2, 0.25) is 5.78 Å². The monoisotopic (exact) mass is 314 g/mol. The van der Waals surface area contributed by atoms with Crippen LogP contribution in [0.3, 0.4) is 0 Å². The van der Waals surface area contributed by atoms with Crippen molar-refractivity contribution in [3.63, 3.8) is 0 Å². The predicted octanol–water partition coefficient (Wildman–Crippen LogP) is 3.37. The molecule has 100 valence electrons. The summed E-state index contributed by atoms with van der Waals surface area (Å²) in [4.78, 5) is 24.2. The van der Waals surface area contributed by atoms with Crippen LogP contribution in [0.4, 0.5) is 0 Å². The van der Waals surface area contributed by atoms with Gasteiger partial charge in [0, 0.05) is 22.4 Å². The Balaban J connectivity index is 3.32. The largest absolute Gasteiger partial charge is 0.469 e. The third kappa shape index (κ3) is 11.4. The molecule has 0 rings (SSSR count). The van der Waals surface area contributed by atoms with E-state index in [1.54, 1.807) is 0 Å². The molecule has 0 aliphatic heterocycles. The van der Waals surface area contributed by atoms with Gasteiger partial charge in [0.25, 0.3) is 0 Å². The molecule has 0 unspecified atom stereocenters.